The maximum absolute atomic E-state index is 6.45. The molecule has 1 radical (unpaired) electrons. The fraction of sp³-hybridized carbons (Fsp3) is 0.229. The summed E-state index contributed by atoms with van der Waals surface area (Å²) in [7, 11) is 0. The zero-order valence-corrected chi connectivity index (χ0v) is 33.9. The van der Waals surface area contributed by atoms with Crippen LogP contribution in [0, 0.1) is 29.9 Å². The molecular formula is C48H45IrN3O-2. The molecule has 4 nitrogen and oxygen atoms in total. The topological polar surface area (TPSA) is 51.8 Å². The summed E-state index contributed by atoms with van der Waals surface area (Å²) < 4.78 is 6.45. The van der Waals surface area contributed by atoms with Crippen LogP contribution in [0.3, 0.4) is 0 Å². The summed E-state index contributed by atoms with van der Waals surface area (Å²) in [5, 5.41) is 4.41. The second-order valence-corrected chi connectivity index (χ2v) is 16.1. The first-order valence-corrected chi connectivity index (χ1v) is 18.0. The molecule has 0 fully saturated rings. The van der Waals surface area contributed by atoms with E-state index in [0.717, 1.165) is 73.8 Å². The van der Waals surface area contributed by atoms with Gasteiger partial charge in [-0.25, -0.2) is 0 Å². The summed E-state index contributed by atoms with van der Waals surface area (Å²) in [6.45, 7) is 15.6. The van der Waals surface area contributed by atoms with E-state index in [4.69, 9.17) is 4.42 Å². The smallest absolute Gasteiger partial charge is 0.128 e. The minimum Gasteiger partial charge on any atom is -0.500 e. The van der Waals surface area contributed by atoms with Crippen LogP contribution >= 0.6 is 0 Å². The van der Waals surface area contributed by atoms with Crippen LogP contribution in [-0.4, -0.2) is 15.0 Å². The van der Waals surface area contributed by atoms with E-state index in [-0.39, 0.29) is 25.5 Å². The van der Waals surface area contributed by atoms with Crippen LogP contribution in [0.1, 0.15) is 58.4 Å². The van der Waals surface area contributed by atoms with Gasteiger partial charge in [0.05, 0.1) is 5.58 Å². The first-order valence-electron chi connectivity index (χ1n) is 18.0. The molecule has 0 atom stereocenters. The molecular weight excluding hydrogens is 827 g/mol. The summed E-state index contributed by atoms with van der Waals surface area (Å²) in [6.07, 6.45) is 7.68. The number of aryl methyl sites for hydroxylation is 1. The molecule has 0 saturated carbocycles. The Labute approximate surface area is 327 Å². The number of benzene rings is 4. The molecule has 0 aliphatic heterocycles. The number of fused-ring (bicyclic) bond motifs is 5. The molecule has 0 amide bonds. The Morgan fingerprint density at radius 3 is 1.94 bits per heavy atom. The van der Waals surface area contributed by atoms with Crippen molar-refractivity contribution in [2.75, 3.05) is 0 Å². The van der Waals surface area contributed by atoms with Gasteiger partial charge in [0.1, 0.15) is 5.58 Å². The monoisotopic (exact) mass is 872 g/mol. The standard InChI is InChI=1S/C26H23N2O.C22H22N.Ir/c1-16-18-8-9-20-19-6-5-7-22(25(19)29-24(20)21(18)11-13-27-16)23-14-17(10-12-28-23)15-26(2,3)4;1-22(2,3)16-17-9-11-18(12-10-17)20-13-14-23-21(15-20)19-7-5-4-6-8-19;/h5-6,8-14H,15H2,1-4H3;4-7,9-15H,16H2,1-3H3;/q2*-1;. The van der Waals surface area contributed by atoms with Gasteiger partial charge in [-0.15, -0.1) is 54.1 Å². The molecule has 0 saturated heterocycles. The summed E-state index contributed by atoms with van der Waals surface area (Å²) in [5.74, 6) is 0. The third-order valence-electron chi connectivity index (χ3n) is 9.12. The van der Waals surface area contributed by atoms with Gasteiger partial charge in [0.25, 0.3) is 0 Å². The molecule has 0 bridgehead atoms. The van der Waals surface area contributed by atoms with E-state index in [0.29, 0.717) is 5.41 Å². The van der Waals surface area contributed by atoms with Gasteiger partial charge in [-0.2, -0.15) is 0 Å². The van der Waals surface area contributed by atoms with Crippen molar-refractivity contribution in [2.45, 2.75) is 61.3 Å². The molecule has 0 spiro atoms. The normalized spacial score (nSPS) is 11.7. The molecule has 8 aromatic rings. The van der Waals surface area contributed by atoms with Gasteiger partial charge >= 0.3 is 0 Å². The maximum atomic E-state index is 6.45. The third kappa shape index (κ3) is 8.82. The second-order valence-electron chi connectivity index (χ2n) is 16.1. The first-order chi connectivity index (χ1) is 24.9. The minimum atomic E-state index is 0. The number of furan rings is 1. The van der Waals surface area contributed by atoms with Crippen molar-refractivity contribution < 1.29 is 24.5 Å². The fourth-order valence-electron chi connectivity index (χ4n) is 6.86. The summed E-state index contributed by atoms with van der Waals surface area (Å²) >= 11 is 0. The van der Waals surface area contributed by atoms with Crippen molar-refractivity contribution in [3.63, 3.8) is 0 Å². The average Bonchev–Trinajstić information content (AvgIpc) is 3.51. The van der Waals surface area contributed by atoms with Gasteiger partial charge < -0.3 is 14.4 Å². The molecule has 4 aromatic carbocycles. The van der Waals surface area contributed by atoms with Gasteiger partial charge in [0.2, 0.25) is 0 Å². The SMILES string of the molecule is CC(C)(C)Cc1ccc(-c2ccnc(-c3[c-]cccc3)c2)cc1.Cc1nccc2c1ccc1c3cc[c-]c(-c4cc(CC(C)(C)C)ccn4)c3oc21.[Ir]. The molecule has 0 unspecified atom stereocenters. The van der Waals surface area contributed by atoms with Gasteiger partial charge in [0, 0.05) is 60.5 Å². The van der Waals surface area contributed by atoms with E-state index < -0.39 is 0 Å². The summed E-state index contributed by atoms with van der Waals surface area (Å²) in [5.41, 5.74) is 12.1. The van der Waals surface area contributed by atoms with Crippen molar-refractivity contribution in [1.82, 2.24) is 15.0 Å². The maximum Gasteiger partial charge on any atom is 0.128 e. The molecule has 8 rings (SSSR count). The van der Waals surface area contributed by atoms with E-state index in [1.54, 1.807) is 0 Å². The van der Waals surface area contributed by atoms with Gasteiger partial charge in [0.15, 0.2) is 0 Å². The van der Waals surface area contributed by atoms with E-state index in [1.807, 2.05) is 61.9 Å². The van der Waals surface area contributed by atoms with Crippen LogP contribution in [0.2, 0.25) is 0 Å². The zero-order chi connectivity index (χ0) is 36.5. The number of nitrogens with zero attached hydrogens (tertiary/aromatic N) is 3. The molecule has 269 valence electrons. The molecule has 4 aromatic heterocycles. The quantitative estimate of drug-likeness (QED) is 0.162. The molecule has 0 aliphatic rings. The Morgan fingerprint density at radius 2 is 1.21 bits per heavy atom. The molecule has 0 N–H and O–H groups in total. The Kier molecular flexibility index (Phi) is 11.1. The summed E-state index contributed by atoms with van der Waals surface area (Å²) in [4.78, 5) is 13.5. The largest absolute Gasteiger partial charge is 0.500 e. The van der Waals surface area contributed by atoms with E-state index in [9.17, 15) is 0 Å². The zero-order valence-electron chi connectivity index (χ0n) is 31.5. The van der Waals surface area contributed by atoms with Crippen LogP contribution in [0.15, 0.2) is 126 Å². The van der Waals surface area contributed by atoms with Gasteiger partial charge in [-0.1, -0.05) is 107 Å². The number of hydrogen-bond acceptors (Lipinski definition) is 4. The van der Waals surface area contributed by atoms with Gasteiger partial charge in [-0.05, 0) is 76.9 Å². The predicted octanol–water partition coefficient (Wildman–Crippen LogP) is 12.7. The Morgan fingerprint density at radius 1 is 0.547 bits per heavy atom. The van der Waals surface area contributed by atoms with E-state index in [1.165, 1.54) is 22.3 Å². The number of hydrogen-bond donors (Lipinski definition) is 0. The van der Waals surface area contributed by atoms with Crippen molar-refractivity contribution in [3.05, 3.63) is 151 Å². The number of aromatic nitrogens is 3. The minimum absolute atomic E-state index is 0. The average molecular weight is 872 g/mol. The van der Waals surface area contributed by atoms with Crippen LogP contribution in [0.4, 0.5) is 0 Å². The molecule has 5 heteroatoms. The van der Waals surface area contributed by atoms with Crippen molar-refractivity contribution in [3.8, 4) is 33.6 Å². The number of rotatable bonds is 5. The molecule has 53 heavy (non-hydrogen) atoms. The molecule has 4 heterocycles. The Hall–Kier alpha value is -4.96. The fourth-order valence-corrected chi connectivity index (χ4v) is 6.86. The van der Waals surface area contributed by atoms with E-state index in [2.05, 4.69) is 135 Å². The molecule has 0 aliphatic carbocycles. The van der Waals surface area contributed by atoms with Gasteiger partial charge in [-0.3, -0.25) is 4.98 Å². The van der Waals surface area contributed by atoms with Crippen molar-refractivity contribution >= 4 is 32.7 Å². The predicted molar refractivity (Wildman–Crippen MR) is 216 cm³/mol. The van der Waals surface area contributed by atoms with E-state index >= 15 is 0 Å². The third-order valence-corrected chi connectivity index (χ3v) is 9.12. The van der Waals surface area contributed by atoms with Crippen molar-refractivity contribution in [1.29, 1.82) is 0 Å². The van der Waals surface area contributed by atoms with Crippen LogP contribution in [-0.2, 0) is 32.9 Å². The summed E-state index contributed by atoms with van der Waals surface area (Å²) in [6, 6.07) is 42.2. The van der Waals surface area contributed by atoms with Crippen LogP contribution in [0.25, 0.3) is 66.4 Å². The first kappa shape index (κ1) is 37.8. The second kappa shape index (κ2) is 15.6. The number of pyridine rings is 3. The van der Waals surface area contributed by atoms with Crippen molar-refractivity contribution in [2.24, 2.45) is 10.8 Å². The Balaban J connectivity index is 0.000000183. The van der Waals surface area contributed by atoms with Crippen LogP contribution in [0.5, 0.6) is 0 Å². The van der Waals surface area contributed by atoms with Crippen LogP contribution < -0.4 is 0 Å². The Bertz CT molecular complexity index is 2490.